The molecule has 0 bridgehead atoms. The molecule has 0 aromatic heterocycles. The summed E-state index contributed by atoms with van der Waals surface area (Å²) in [5.41, 5.74) is 1.12. The zero-order valence-electron chi connectivity index (χ0n) is 20.0. The maximum atomic E-state index is 13.7. The van der Waals surface area contributed by atoms with Gasteiger partial charge in [-0.3, -0.25) is 0 Å². The van der Waals surface area contributed by atoms with Crippen LogP contribution in [-0.4, -0.2) is 24.8 Å². The highest BCUT2D eigenvalue weighted by Gasteiger charge is 2.35. The van der Waals surface area contributed by atoms with E-state index in [-0.39, 0.29) is 6.61 Å². The van der Waals surface area contributed by atoms with Crippen LogP contribution >= 0.6 is 23.2 Å². The first kappa shape index (κ1) is 26.8. The molecule has 3 aromatic carbocycles. The molecule has 5 nitrogen and oxygen atoms in total. The molecule has 0 saturated heterocycles. The molecule has 0 heterocycles. The Labute approximate surface area is 215 Å². The molecular weight excluding hydrogens is 492 g/mol. The van der Waals surface area contributed by atoms with Crippen LogP contribution in [0.4, 0.5) is 10.1 Å². The van der Waals surface area contributed by atoms with Crippen LogP contribution in [0.15, 0.2) is 66.7 Å². The standard InChI is InChI=1S/C27H28Cl2FNO4/c1-27(2,3)35-26(32)25(34-16-21-22(28)6-5-7-23(21)29)24(17-8-10-18(30)11-9-17)31-19-12-14-20(33-4)15-13-19/h5-15,24-25,31H,16H2,1-4H3/t24-,25+/m1/s1. The van der Waals surface area contributed by atoms with Gasteiger partial charge in [0.2, 0.25) is 0 Å². The third-order valence-corrected chi connectivity index (χ3v) is 5.76. The van der Waals surface area contributed by atoms with Crippen LogP contribution in [0.3, 0.4) is 0 Å². The lowest BCUT2D eigenvalue weighted by atomic mass is 10.00. The second kappa shape index (κ2) is 11.8. The average Bonchev–Trinajstić information content (AvgIpc) is 2.80. The Balaban J connectivity index is 2.00. The minimum Gasteiger partial charge on any atom is -0.497 e. The minimum atomic E-state index is -1.12. The van der Waals surface area contributed by atoms with Gasteiger partial charge in [0.1, 0.15) is 17.2 Å². The molecule has 0 spiro atoms. The van der Waals surface area contributed by atoms with Gasteiger partial charge < -0.3 is 19.5 Å². The highest BCUT2D eigenvalue weighted by Crippen LogP contribution is 2.31. The van der Waals surface area contributed by atoms with E-state index >= 15 is 0 Å². The number of anilines is 1. The third-order valence-electron chi connectivity index (χ3n) is 5.05. The lowest BCUT2D eigenvalue weighted by Crippen LogP contribution is -2.40. The molecule has 35 heavy (non-hydrogen) atoms. The number of ether oxygens (including phenoxy) is 3. The fraction of sp³-hybridized carbons (Fsp3) is 0.296. The lowest BCUT2D eigenvalue weighted by Gasteiger charge is -2.31. The van der Waals surface area contributed by atoms with E-state index in [0.29, 0.717) is 32.6 Å². The SMILES string of the molecule is COc1ccc(N[C@H](c2ccc(F)cc2)[C@H](OCc2c(Cl)cccc2Cl)C(=O)OC(C)(C)C)cc1. The van der Waals surface area contributed by atoms with Crippen molar-refractivity contribution in [3.63, 3.8) is 0 Å². The maximum absolute atomic E-state index is 13.7. The monoisotopic (exact) mass is 519 g/mol. The van der Waals surface area contributed by atoms with E-state index < -0.39 is 29.5 Å². The molecule has 1 N–H and O–H groups in total. The van der Waals surface area contributed by atoms with Crippen LogP contribution in [0.1, 0.15) is 37.9 Å². The van der Waals surface area contributed by atoms with Gasteiger partial charge in [0.05, 0.1) is 19.8 Å². The van der Waals surface area contributed by atoms with Gasteiger partial charge in [-0.25, -0.2) is 9.18 Å². The molecule has 0 radical (unpaired) electrons. The smallest absolute Gasteiger partial charge is 0.338 e. The molecule has 0 unspecified atom stereocenters. The van der Waals surface area contributed by atoms with Crippen molar-refractivity contribution in [2.75, 3.05) is 12.4 Å². The predicted octanol–water partition coefficient (Wildman–Crippen LogP) is 7.22. The van der Waals surface area contributed by atoms with Crippen LogP contribution in [0, 0.1) is 5.82 Å². The minimum absolute atomic E-state index is 0.0373. The summed E-state index contributed by atoms with van der Waals surface area (Å²) in [5, 5.41) is 4.17. The van der Waals surface area contributed by atoms with E-state index in [1.54, 1.807) is 70.3 Å². The highest BCUT2D eigenvalue weighted by molar-refractivity contribution is 6.35. The summed E-state index contributed by atoms with van der Waals surface area (Å²) in [6, 6.07) is 17.5. The van der Waals surface area contributed by atoms with Gasteiger partial charge >= 0.3 is 5.97 Å². The summed E-state index contributed by atoms with van der Waals surface area (Å²) >= 11 is 12.6. The van der Waals surface area contributed by atoms with E-state index in [1.807, 2.05) is 12.1 Å². The zero-order chi connectivity index (χ0) is 25.6. The van der Waals surface area contributed by atoms with Crippen molar-refractivity contribution in [1.82, 2.24) is 0 Å². The normalized spacial score (nSPS) is 13.1. The Hall–Kier alpha value is -2.80. The van der Waals surface area contributed by atoms with Gasteiger partial charge in [0.25, 0.3) is 0 Å². The first-order valence-electron chi connectivity index (χ1n) is 11.0. The van der Waals surface area contributed by atoms with Gasteiger partial charge in [0, 0.05) is 21.3 Å². The van der Waals surface area contributed by atoms with Gasteiger partial charge in [-0.1, -0.05) is 41.4 Å². The molecule has 0 saturated carbocycles. The van der Waals surface area contributed by atoms with Crippen molar-refractivity contribution >= 4 is 34.9 Å². The molecule has 0 aliphatic carbocycles. The molecular formula is C27H28Cl2FNO4. The number of methoxy groups -OCH3 is 1. The van der Waals surface area contributed by atoms with Crippen molar-refractivity contribution < 1.29 is 23.4 Å². The summed E-state index contributed by atoms with van der Waals surface area (Å²) in [7, 11) is 1.58. The molecule has 0 amide bonds. The Morgan fingerprint density at radius 1 is 0.971 bits per heavy atom. The lowest BCUT2D eigenvalue weighted by molar-refractivity contribution is -0.170. The van der Waals surface area contributed by atoms with E-state index in [0.717, 1.165) is 0 Å². The van der Waals surface area contributed by atoms with Crippen molar-refractivity contribution in [2.45, 2.75) is 45.1 Å². The van der Waals surface area contributed by atoms with Crippen molar-refractivity contribution in [3.8, 4) is 5.75 Å². The van der Waals surface area contributed by atoms with Crippen molar-refractivity contribution in [3.05, 3.63) is 93.7 Å². The number of hydrogen-bond acceptors (Lipinski definition) is 5. The average molecular weight is 520 g/mol. The predicted molar refractivity (Wildman–Crippen MR) is 137 cm³/mol. The number of hydrogen-bond donors (Lipinski definition) is 1. The topological polar surface area (TPSA) is 56.8 Å². The summed E-state index contributed by atoms with van der Waals surface area (Å²) in [5.74, 6) is -0.298. The summed E-state index contributed by atoms with van der Waals surface area (Å²) in [6.45, 7) is 5.29. The number of carbonyl (C=O) groups excluding carboxylic acids is 1. The first-order valence-corrected chi connectivity index (χ1v) is 11.8. The van der Waals surface area contributed by atoms with E-state index in [9.17, 15) is 9.18 Å². The molecule has 3 rings (SSSR count). The molecule has 3 aromatic rings. The number of carbonyl (C=O) groups is 1. The Kier molecular flexibility index (Phi) is 9.00. The van der Waals surface area contributed by atoms with Crippen molar-refractivity contribution in [2.24, 2.45) is 0 Å². The maximum Gasteiger partial charge on any atom is 0.338 e. The molecule has 186 valence electrons. The fourth-order valence-corrected chi connectivity index (χ4v) is 3.88. The van der Waals surface area contributed by atoms with Crippen LogP contribution < -0.4 is 10.1 Å². The number of benzene rings is 3. The quantitative estimate of drug-likeness (QED) is 0.302. The summed E-state index contributed by atoms with van der Waals surface area (Å²) < 4.78 is 30.8. The van der Waals surface area contributed by atoms with Gasteiger partial charge in [-0.2, -0.15) is 0 Å². The third kappa shape index (κ3) is 7.59. The molecule has 8 heteroatoms. The van der Waals surface area contributed by atoms with Crippen LogP contribution in [-0.2, 0) is 20.9 Å². The molecule has 2 atom stereocenters. The van der Waals surface area contributed by atoms with Crippen LogP contribution in [0.2, 0.25) is 10.0 Å². The largest absolute Gasteiger partial charge is 0.497 e. The Morgan fingerprint density at radius 3 is 2.11 bits per heavy atom. The summed E-state index contributed by atoms with van der Waals surface area (Å²) in [4.78, 5) is 13.4. The fourth-order valence-electron chi connectivity index (χ4n) is 3.37. The number of rotatable bonds is 9. The molecule has 0 fully saturated rings. The van der Waals surface area contributed by atoms with Gasteiger partial charge in [-0.15, -0.1) is 0 Å². The van der Waals surface area contributed by atoms with Crippen LogP contribution in [0.5, 0.6) is 5.75 Å². The molecule has 0 aliphatic rings. The van der Waals surface area contributed by atoms with E-state index in [1.165, 1.54) is 12.1 Å². The first-order chi connectivity index (χ1) is 16.6. The number of halogens is 3. The summed E-state index contributed by atoms with van der Waals surface area (Å²) in [6.07, 6.45) is -1.12. The molecule has 0 aliphatic heterocycles. The van der Waals surface area contributed by atoms with Crippen LogP contribution in [0.25, 0.3) is 0 Å². The Morgan fingerprint density at radius 2 is 1.57 bits per heavy atom. The highest BCUT2D eigenvalue weighted by atomic mass is 35.5. The number of esters is 1. The second-order valence-electron chi connectivity index (χ2n) is 8.87. The Bertz CT molecular complexity index is 1110. The zero-order valence-corrected chi connectivity index (χ0v) is 21.5. The van der Waals surface area contributed by atoms with E-state index in [4.69, 9.17) is 37.4 Å². The van der Waals surface area contributed by atoms with E-state index in [2.05, 4.69) is 5.32 Å². The van der Waals surface area contributed by atoms with Crippen molar-refractivity contribution in [1.29, 1.82) is 0 Å². The number of nitrogens with one attached hydrogen (secondary N) is 1. The van der Waals surface area contributed by atoms with Gasteiger partial charge in [0.15, 0.2) is 6.10 Å². The second-order valence-corrected chi connectivity index (χ2v) is 9.68. The van der Waals surface area contributed by atoms with Gasteiger partial charge in [-0.05, 0) is 74.9 Å².